The van der Waals surface area contributed by atoms with Crippen LogP contribution in [0.1, 0.15) is 30.9 Å². The van der Waals surface area contributed by atoms with E-state index < -0.39 is 0 Å². The van der Waals surface area contributed by atoms with Crippen LogP contribution in [0.2, 0.25) is 0 Å². The Bertz CT molecular complexity index is 574. The van der Waals surface area contributed by atoms with Gasteiger partial charge in [-0.05, 0) is 57.6 Å². The van der Waals surface area contributed by atoms with Crippen LogP contribution in [0, 0.1) is 5.41 Å². The lowest BCUT2D eigenvalue weighted by Gasteiger charge is -2.33. The third-order valence-corrected chi connectivity index (χ3v) is 4.99. The Kier molecular flexibility index (Phi) is 2.63. The molecule has 18 heavy (non-hydrogen) atoms. The fraction of sp³-hybridized carbons (Fsp3) is 0.400. The molecule has 0 radical (unpaired) electrons. The molecule has 1 atom stereocenters. The van der Waals surface area contributed by atoms with E-state index in [4.69, 9.17) is 4.74 Å². The number of hydrogen-bond donors (Lipinski definition) is 0. The number of rotatable bonds is 1. The molecule has 0 saturated carbocycles. The summed E-state index contributed by atoms with van der Waals surface area (Å²) in [5, 5.41) is 0. The Hall–Kier alpha value is -1.09. The SMILES string of the molecule is COc1ccc2c(c1)CC[C@@]1(C)CC(=O)C(Br)=C21. The first-order valence-corrected chi connectivity index (χ1v) is 6.95. The van der Waals surface area contributed by atoms with Gasteiger partial charge in [0.1, 0.15) is 5.75 Å². The predicted molar refractivity (Wildman–Crippen MR) is 74.9 cm³/mol. The molecule has 0 saturated heterocycles. The molecular weight excluding hydrogens is 292 g/mol. The van der Waals surface area contributed by atoms with E-state index in [2.05, 4.69) is 35.0 Å². The molecule has 3 heteroatoms. The number of aryl methyl sites for hydroxylation is 1. The van der Waals surface area contributed by atoms with Gasteiger partial charge >= 0.3 is 0 Å². The molecule has 0 heterocycles. The van der Waals surface area contributed by atoms with Crippen molar-refractivity contribution in [2.75, 3.05) is 7.11 Å². The summed E-state index contributed by atoms with van der Waals surface area (Å²) in [4.78, 5) is 11.9. The number of Topliss-reactive ketones (excluding diaryl/α,β-unsaturated/α-hetero) is 1. The first-order chi connectivity index (χ1) is 8.55. The molecule has 94 valence electrons. The van der Waals surface area contributed by atoms with Gasteiger partial charge in [-0.3, -0.25) is 4.79 Å². The van der Waals surface area contributed by atoms with Gasteiger partial charge in [-0.1, -0.05) is 13.0 Å². The summed E-state index contributed by atoms with van der Waals surface area (Å²) < 4.78 is 6.04. The molecule has 2 aliphatic carbocycles. The molecule has 0 aromatic heterocycles. The summed E-state index contributed by atoms with van der Waals surface area (Å²) >= 11 is 3.48. The molecule has 2 aliphatic rings. The molecule has 0 fully saturated rings. The molecule has 0 aliphatic heterocycles. The van der Waals surface area contributed by atoms with Gasteiger partial charge in [-0.25, -0.2) is 0 Å². The predicted octanol–water partition coefficient (Wildman–Crippen LogP) is 3.73. The van der Waals surface area contributed by atoms with Gasteiger partial charge in [-0.15, -0.1) is 0 Å². The van der Waals surface area contributed by atoms with Gasteiger partial charge < -0.3 is 4.74 Å². The number of ether oxygens (including phenoxy) is 1. The topological polar surface area (TPSA) is 26.3 Å². The molecule has 0 N–H and O–H groups in total. The second-order valence-electron chi connectivity index (χ2n) is 5.37. The normalized spacial score (nSPS) is 26.1. The largest absolute Gasteiger partial charge is 0.497 e. The number of hydrogen-bond acceptors (Lipinski definition) is 2. The molecule has 3 rings (SSSR count). The number of allylic oxidation sites excluding steroid dienone is 2. The summed E-state index contributed by atoms with van der Waals surface area (Å²) in [6.45, 7) is 2.20. The lowest BCUT2D eigenvalue weighted by Crippen LogP contribution is -2.22. The number of carbonyl (C=O) groups is 1. The second kappa shape index (κ2) is 3.95. The van der Waals surface area contributed by atoms with E-state index in [1.54, 1.807) is 7.11 Å². The highest BCUT2D eigenvalue weighted by Gasteiger charge is 2.44. The fourth-order valence-electron chi connectivity index (χ4n) is 3.14. The average molecular weight is 307 g/mol. The maximum absolute atomic E-state index is 11.9. The molecule has 0 bridgehead atoms. The van der Waals surface area contributed by atoms with Crippen molar-refractivity contribution in [2.24, 2.45) is 5.41 Å². The maximum Gasteiger partial charge on any atom is 0.171 e. The van der Waals surface area contributed by atoms with Gasteiger partial charge in [0.2, 0.25) is 0 Å². The Balaban J connectivity index is 2.20. The standard InChI is InChI=1S/C15H15BrO2/c1-15-6-5-9-7-10(18-2)3-4-11(9)13(15)14(16)12(17)8-15/h3-4,7H,5-6,8H2,1-2H3/t15-/m0/s1. The lowest BCUT2D eigenvalue weighted by molar-refractivity contribution is -0.115. The number of fused-ring (bicyclic) bond motifs is 3. The highest BCUT2D eigenvalue weighted by Crippen LogP contribution is 2.54. The minimum absolute atomic E-state index is 0.0114. The van der Waals surface area contributed by atoms with Crippen molar-refractivity contribution >= 4 is 27.3 Å². The van der Waals surface area contributed by atoms with Crippen molar-refractivity contribution < 1.29 is 9.53 Å². The van der Waals surface area contributed by atoms with Gasteiger partial charge in [0.05, 0.1) is 11.6 Å². The van der Waals surface area contributed by atoms with E-state index in [1.807, 2.05) is 6.07 Å². The molecule has 1 aromatic carbocycles. The Labute approximate surface area is 115 Å². The van der Waals surface area contributed by atoms with E-state index in [9.17, 15) is 4.79 Å². The van der Waals surface area contributed by atoms with Gasteiger partial charge in [0.25, 0.3) is 0 Å². The van der Waals surface area contributed by atoms with Crippen LogP contribution in [0.4, 0.5) is 0 Å². The first-order valence-electron chi connectivity index (χ1n) is 6.16. The van der Waals surface area contributed by atoms with E-state index in [-0.39, 0.29) is 11.2 Å². The molecular formula is C15H15BrO2. The van der Waals surface area contributed by atoms with Crippen LogP contribution in [0.3, 0.4) is 0 Å². The van der Waals surface area contributed by atoms with Gasteiger partial charge in [-0.2, -0.15) is 0 Å². The third-order valence-electron chi connectivity index (χ3n) is 4.15. The van der Waals surface area contributed by atoms with Crippen LogP contribution in [-0.4, -0.2) is 12.9 Å². The van der Waals surface area contributed by atoms with E-state index in [0.29, 0.717) is 6.42 Å². The number of benzene rings is 1. The quantitative estimate of drug-likeness (QED) is 0.790. The van der Waals surface area contributed by atoms with Crippen LogP contribution < -0.4 is 4.74 Å². The summed E-state index contributed by atoms with van der Waals surface area (Å²) in [5.41, 5.74) is 3.70. The van der Waals surface area contributed by atoms with Crippen molar-refractivity contribution in [3.8, 4) is 5.75 Å². The average Bonchev–Trinajstić information content (AvgIpc) is 2.59. The summed E-state index contributed by atoms with van der Waals surface area (Å²) in [6.07, 6.45) is 2.68. The fourth-order valence-corrected chi connectivity index (χ4v) is 3.97. The van der Waals surface area contributed by atoms with Crippen molar-refractivity contribution in [1.82, 2.24) is 0 Å². The van der Waals surface area contributed by atoms with Crippen LogP contribution in [0.5, 0.6) is 5.75 Å². The Morgan fingerprint density at radius 2 is 2.17 bits per heavy atom. The molecule has 0 unspecified atom stereocenters. The first kappa shape index (κ1) is 12.0. The van der Waals surface area contributed by atoms with E-state index in [1.165, 1.54) is 16.7 Å². The van der Waals surface area contributed by atoms with Gasteiger partial charge in [0, 0.05) is 11.8 Å². The van der Waals surface area contributed by atoms with Crippen molar-refractivity contribution in [3.63, 3.8) is 0 Å². The van der Waals surface area contributed by atoms with Crippen LogP contribution in [0.25, 0.3) is 5.57 Å². The second-order valence-corrected chi connectivity index (χ2v) is 6.17. The zero-order chi connectivity index (χ0) is 12.9. The zero-order valence-corrected chi connectivity index (χ0v) is 12.1. The van der Waals surface area contributed by atoms with E-state index in [0.717, 1.165) is 23.1 Å². The monoisotopic (exact) mass is 306 g/mol. The number of ketones is 1. The summed E-state index contributed by atoms with van der Waals surface area (Å²) in [5.74, 6) is 1.12. The van der Waals surface area contributed by atoms with Crippen LogP contribution in [-0.2, 0) is 11.2 Å². The molecule has 0 spiro atoms. The molecule has 2 nitrogen and oxygen atoms in total. The molecule has 1 aromatic rings. The number of carbonyl (C=O) groups excluding carboxylic acids is 1. The highest BCUT2D eigenvalue weighted by molar-refractivity contribution is 9.12. The zero-order valence-electron chi connectivity index (χ0n) is 10.5. The van der Waals surface area contributed by atoms with Gasteiger partial charge in [0.15, 0.2) is 5.78 Å². The van der Waals surface area contributed by atoms with E-state index >= 15 is 0 Å². The maximum atomic E-state index is 11.9. The minimum Gasteiger partial charge on any atom is -0.497 e. The summed E-state index contributed by atoms with van der Waals surface area (Å²) in [6, 6.07) is 6.15. The van der Waals surface area contributed by atoms with Crippen molar-refractivity contribution in [1.29, 1.82) is 0 Å². The Morgan fingerprint density at radius 3 is 2.89 bits per heavy atom. The lowest BCUT2D eigenvalue weighted by atomic mass is 9.70. The van der Waals surface area contributed by atoms with Crippen LogP contribution in [0.15, 0.2) is 22.7 Å². The smallest absolute Gasteiger partial charge is 0.171 e. The summed E-state index contributed by atoms with van der Waals surface area (Å²) in [7, 11) is 1.68. The third kappa shape index (κ3) is 1.57. The minimum atomic E-state index is 0.0114. The Morgan fingerprint density at radius 1 is 1.39 bits per heavy atom. The van der Waals surface area contributed by atoms with Crippen molar-refractivity contribution in [2.45, 2.75) is 26.2 Å². The number of methoxy groups -OCH3 is 1. The highest BCUT2D eigenvalue weighted by atomic mass is 79.9. The van der Waals surface area contributed by atoms with Crippen LogP contribution >= 0.6 is 15.9 Å². The molecule has 0 amide bonds. The van der Waals surface area contributed by atoms with Crippen molar-refractivity contribution in [3.05, 3.63) is 33.8 Å². The number of halogens is 1.